The van der Waals surface area contributed by atoms with Crippen LogP contribution < -0.4 is 0 Å². The first kappa shape index (κ1) is 7.31. The summed E-state index contributed by atoms with van der Waals surface area (Å²) in [7, 11) is 0. The zero-order valence-corrected chi connectivity index (χ0v) is 5.84. The van der Waals surface area contributed by atoms with Gasteiger partial charge in [-0.1, -0.05) is 0 Å². The highest BCUT2D eigenvalue weighted by Crippen LogP contribution is 2.14. The largest absolute Gasteiger partial charge is 0.361 e. The molecular formula is C5H11OS. The van der Waals surface area contributed by atoms with Crippen LogP contribution in [0.1, 0.15) is 13.8 Å². The lowest BCUT2D eigenvalue weighted by Crippen LogP contribution is -1.90. The summed E-state index contributed by atoms with van der Waals surface area (Å²) in [5.74, 6) is 0. The van der Waals surface area contributed by atoms with Crippen LogP contribution in [0.3, 0.4) is 0 Å². The first-order valence-electron chi connectivity index (χ1n) is 2.31. The smallest absolute Gasteiger partial charge is 0.148 e. The third-order valence-corrected chi connectivity index (χ3v) is 1.33. The molecule has 0 N–H and O–H groups in total. The van der Waals surface area contributed by atoms with E-state index in [1.807, 2.05) is 20.1 Å². The van der Waals surface area contributed by atoms with Crippen molar-refractivity contribution in [3.05, 3.63) is 5.44 Å². The van der Waals surface area contributed by atoms with Gasteiger partial charge < -0.3 is 4.74 Å². The maximum Gasteiger partial charge on any atom is 0.148 e. The summed E-state index contributed by atoms with van der Waals surface area (Å²) >= 11 is 1.64. The molecule has 0 aliphatic carbocycles. The fraction of sp³-hybridized carbons (Fsp3) is 0.800. The summed E-state index contributed by atoms with van der Waals surface area (Å²) in [6.45, 7) is 4.74. The number of rotatable bonds is 3. The molecule has 0 aromatic heterocycles. The van der Waals surface area contributed by atoms with E-state index >= 15 is 0 Å². The van der Waals surface area contributed by atoms with Crippen molar-refractivity contribution < 1.29 is 4.74 Å². The Balaban J connectivity index is 2.83. The van der Waals surface area contributed by atoms with Gasteiger partial charge in [0.15, 0.2) is 0 Å². The number of hydrogen-bond donors (Lipinski definition) is 0. The molecule has 43 valence electrons. The van der Waals surface area contributed by atoms with Crippen molar-refractivity contribution in [1.29, 1.82) is 0 Å². The lowest BCUT2D eigenvalue weighted by molar-refractivity contribution is 0.206. The lowest BCUT2D eigenvalue weighted by atomic mass is 10.8. The Morgan fingerprint density at radius 2 is 2.29 bits per heavy atom. The minimum Gasteiger partial charge on any atom is -0.361 e. The molecule has 0 atom stereocenters. The molecular weight excluding hydrogens is 108 g/mol. The average Bonchev–Trinajstić information content (AvgIpc) is 1.68. The molecule has 0 spiro atoms. The molecule has 0 unspecified atom stereocenters. The highest BCUT2D eigenvalue weighted by molar-refractivity contribution is 8.01. The van der Waals surface area contributed by atoms with Crippen molar-refractivity contribution in [1.82, 2.24) is 0 Å². The van der Waals surface area contributed by atoms with E-state index in [1.165, 1.54) is 0 Å². The van der Waals surface area contributed by atoms with Crippen LogP contribution in [0.5, 0.6) is 0 Å². The molecule has 0 saturated carbocycles. The van der Waals surface area contributed by atoms with Gasteiger partial charge in [0.05, 0.1) is 0 Å². The second-order valence-electron chi connectivity index (χ2n) is 1.13. The first-order valence-corrected chi connectivity index (χ1v) is 3.54. The van der Waals surface area contributed by atoms with Crippen LogP contribution in [-0.2, 0) is 4.74 Å². The highest BCUT2D eigenvalue weighted by Gasteiger charge is 1.94. The standard InChI is InChI=1S/C5H11OS/c1-4-6-5(2)7-3/h4H2,1-3H3. The predicted molar refractivity (Wildman–Crippen MR) is 34.1 cm³/mol. The summed E-state index contributed by atoms with van der Waals surface area (Å²) in [6, 6.07) is 0. The maximum atomic E-state index is 5.07. The van der Waals surface area contributed by atoms with E-state index in [2.05, 4.69) is 0 Å². The van der Waals surface area contributed by atoms with Gasteiger partial charge in [0.1, 0.15) is 5.44 Å². The van der Waals surface area contributed by atoms with Crippen molar-refractivity contribution in [3.8, 4) is 0 Å². The van der Waals surface area contributed by atoms with Crippen molar-refractivity contribution in [2.75, 3.05) is 12.9 Å². The molecule has 0 aliphatic rings. The second kappa shape index (κ2) is 4.47. The Morgan fingerprint density at radius 3 is 2.43 bits per heavy atom. The molecule has 0 saturated heterocycles. The predicted octanol–water partition coefficient (Wildman–Crippen LogP) is 1.90. The van der Waals surface area contributed by atoms with Crippen LogP contribution in [0, 0.1) is 5.44 Å². The zero-order chi connectivity index (χ0) is 5.70. The third kappa shape index (κ3) is 4.16. The molecule has 0 bridgehead atoms. The average molecular weight is 119 g/mol. The van der Waals surface area contributed by atoms with E-state index in [0.717, 1.165) is 12.0 Å². The van der Waals surface area contributed by atoms with Crippen LogP contribution in [0.2, 0.25) is 0 Å². The minimum atomic E-state index is 0.784. The zero-order valence-electron chi connectivity index (χ0n) is 5.02. The SMILES string of the molecule is CCO[C](C)SC. The Kier molecular flexibility index (Phi) is 4.67. The molecule has 0 rings (SSSR count). The van der Waals surface area contributed by atoms with Crippen molar-refractivity contribution in [2.45, 2.75) is 13.8 Å². The summed E-state index contributed by atoms with van der Waals surface area (Å²) in [4.78, 5) is 0. The number of ether oxygens (including phenoxy) is 1. The van der Waals surface area contributed by atoms with Gasteiger partial charge in [0.25, 0.3) is 0 Å². The van der Waals surface area contributed by atoms with Gasteiger partial charge >= 0.3 is 0 Å². The van der Waals surface area contributed by atoms with E-state index in [9.17, 15) is 0 Å². The van der Waals surface area contributed by atoms with E-state index in [4.69, 9.17) is 4.74 Å². The molecule has 2 heteroatoms. The van der Waals surface area contributed by atoms with Crippen LogP contribution in [-0.4, -0.2) is 12.9 Å². The normalized spacial score (nSPS) is 10.3. The van der Waals surface area contributed by atoms with Crippen molar-refractivity contribution >= 4 is 11.8 Å². The van der Waals surface area contributed by atoms with Crippen LogP contribution >= 0.6 is 11.8 Å². The van der Waals surface area contributed by atoms with Crippen molar-refractivity contribution in [3.63, 3.8) is 0 Å². The van der Waals surface area contributed by atoms with Crippen LogP contribution in [0.4, 0.5) is 0 Å². The summed E-state index contributed by atoms with van der Waals surface area (Å²) in [6.07, 6.45) is 2.00. The molecule has 0 aliphatic heterocycles. The molecule has 7 heavy (non-hydrogen) atoms. The third-order valence-electron chi connectivity index (χ3n) is 0.635. The lowest BCUT2D eigenvalue weighted by Gasteiger charge is -2.03. The van der Waals surface area contributed by atoms with E-state index in [-0.39, 0.29) is 0 Å². The fourth-order valence-electron chi connectivity index (χ4n) is 0.262. The highest BCUT2D eigenvalue weighted by atomic mass is 32.2. The minimum absolute atomic E-state index is 0.784. The van der Waals surface area contributed by atoms with Gasteiger partial charge in [-0.3, -0.25) is 0 Å². The van der Waals surface area contributed by atoms with Gasteiger partial charge in [-0.05, 0) is 20.1 Å². The van der Waals surface area contributed by atoms with Gasteiger partial charge in [0, 0.05) is 6.61 Å². The summed E-state index contributed by atoms with van der Waals surface area (Å²) in [5.41, 5.74) is 1.04. The fourth-order valence-corrected chi connectivity index (χ4v) is 0.498. The molecule has 0 heterocycles. The van der Waals surface area contributed by atoms with Gasteiger partial charge in [-0.2, -0.15) is 0 Å². The number of hydrogen-bond acceptors (Lipinski definition) is 2. The van der Waals surface area contributed by atoms with E-state index < -0.39 is 0 Å². The Morgan fingerprint density at radius 1 is 1.71 bits per heavy atom. The van der Waals surface area contributed by atoms with E-state index in [1.54, 1.807) is 11.8 Å². The van der Waals surface area contributed by atoms with Crippen LogP contribution in [0.15, 0.2) is 0 Å². The molecule has 0 aromatic carbocycles. The summed E-state index contributed by atoms with van der Waals surface area (Å²) < 4.78 is 5.07. The van der Waals surface area contributed by atoms with Gasteiger partial charge in [-0.15, -0.1) is 11.8 Å². The van der Waals surface area contributed by atoms with Gasteiger partial charge in [0.2, 0.25) is 0 Å². The Labute approximate surface area is 49.4 Å². The quantitative estimate of drug-likeness (QED) is 0.561. The maximum absolute atomic E-state index is 5.07. The van der Waals surface area contributed by atoms with Crippen LogP contribution in [0.25, 0.3) is 0 Å². The molecule has 1 nitrogen and oxygen atoms in total. The van der Waals surface area contributed by atoms with E-state index in [0.29, 0.717) is 0 Å². The molecule has 0 fully saturated rings. The topological polar surface area (TPSA) is 9.23 Å². The Hall–Kier alpha value is 0.310. The second-order valence-corrected chi connectivity index (χ2v) is 2.11. The molecule has 0 amide bonds. The number of thioether (sulfide) groups is 1. The monoisotopic (exact) mass is 119 g/mol. The van der Waals surface area contributed by atoms with Crippen molar-refractivity contribution in [2.24, 2.45) is 0 Å². The summed E-state index contributed by atoms with van der Waals surface area (Å²) in [5, 5.41) is 0. The first-order chi connectivity index (χ1) is 3.31. The van der Waals surface area contributed by atoms with Gasteiger partial charge in [-0.25, -0.2) is 0 Å². The molecule has 0 aromatic rings. The Bertz CT molecular complexity index is 39.1. The molecule has 1 radical (unpaired) electrons.